The van der Waals surface area contributed by atoms with Crippen LogP contribution in [0.15, 0.2) is 48.5 Å². The zero-order valence-electron chi connectivity index (χ0n) is 10.0. The van der Waals surface area contributed by atoms with E-state index in [1.54, 1.807) is 0 Å². The number of fused-ring (bicyclic) bond motifs is 1. The van der Waals surface area contributed by atoms with Crippen molar-refractivity contribution in [2.45, 2.75) is 19.8 Å². The minimum absolute atomic E-state index is 0.828. The number of rotatable bonds is 3. The zero-order chi connectivity index (χ0) is 12.1. The monoisotopic (exact) mass is 224 g/mol. The number of benzene rings is 2. The highest BCUT2D eigenvalue weighted by atomic mass is 16.1. The number of hydrogen-bond acceptors (Lipinski definition) is 1. The van der Waals surface area contributed by atoms with Crippen LogP contribution >= 0.6 is 0 Å². The van der Waals surface area contributed by atoms with E-state index in [1.165, 1.54) is 11.1 Å². The maximum atomic E-state index is 10.5. The van der Waals surface area contributed by atoms with E-state index >= 15 is 0 Å². The molecule has 0 atom stereocenters. The van der Waals surface area contributed by atoms with Gasteiger partial charge in [0, 0.05) is 5.56 Å². The van der Waals surface area contributed by atoms with E-state index in [9.17, 15) is 4.79 Å². The van der Waals surface area contributed by atoms with Crippen LogP contribution in [0.3, 0.4) is 0 Å². The Morgan fingerprint density at radius 2 is 1.53 bits per heavy atom. The lowest BCUT2D eigenvalue weighted by Gasteiger charge is -2.10. The average Bonchev–Trinajstić information content (AvgIpc) is 2.35. The fourth-order valence-electron chi connectivity index (χ4n) is 1.81. The Kier molecular flexibility index (Phi) is 3.71. The lowest BCUT2D eigenvalue weighted by atomic mass is 9.95. The van der Waals surface area contributed by atoms with Crippen LogP contribution in [0.25, 0.3) is 11.1 Å². The van der Waals surface area contributed by atoms with Gasteiger partial charge in [0.15, 0.2) is 0 Å². The number of aryl methyl sites for hydroxylation is 1. The predicted octanol–water partition coefficient (Wildman–Crippen LogP) is 4.12. The molecule has 3 rings (SSSR count). The maximum absolute atomic E-state index is 10.5. The first-order valence-electron chi connectivity index (χ1n) is 5.98. The quantitative estimate of drug-likeness (QED) is 0.612. The van der Waals surface area contributed by atoms with Crippen molar-refractivity contribution in [3.8, 4) is 11.1 Å². The van der Waals surface area contributed by atoms with E-state index in [0.29, 0.717) is 0 Å². The molecule has 0 saturated heterocycles. The molecule has 0 fully saturated rings. The molecule has 1 nitrogen and oxygen atoms in total. The fourth-order valence-corrected chi connectivity index (χ4v) is 1.81. The number of aldehydes is 1. The second kappa shape index (κ2) is 5.44. The summed E-state index contributed by atoms with van der Waals surface area (Å²) in [6, 6.07) is 16.2. The molecular formula is C16H16O. The van der Waals surface area contributed by atoms with Crippen molar-refractivity contribution in [3.63, 3.8) is 0 Å². The highest BCUT2D eigenvalue weighted by molar-refractivity contribution is 5.77. The van der Waals surface area contributed by atoms with Crippen LogP contribution in [0.5, 0.6) is 0 Å². The van der Waals surface area contributed by atoms with Crippen molar-refractivity contribution in [1.82, 2.24) is 0 Å². The van der Waals surface area contributed by atoms with Crippen molar-refractivity contribution in [2.75, 3.05) is 0 Å². The highest BCUT2D eigenvalue weighted by Crippen LogP contribution is 2.29. The lowest BCUT2D eigenvalue weighted by Crippen LogP contribution is -1.90. The molecule has 1 aromatic carbocycles. The Morgan fingerprint density at radius 1 is 0.941 bits per heavy atom. The Hall–Kier alpha value is -1.89. The Bertz CT molecular complexity index is 476. The summed E-state index contributed by atoms with van der Waals surface area (Å²) in [7, 11) is 0. The second-order valence-corrected chi connectivity index (χ2v) is 4.14. The van der Waals surface area contributed by atoms with Gasteiger partial charge in [-0.25, -0.2) is 0 Å². The van der Waals surface area contributed by atoms with Crippen molar-refractivity contribution in [3.05, 3.63) is 59.7 Å². The molecule has 0 aromatic heterocycles. The van der Waals surface area contributed by atoms with Gasteiger partial charge in [-0.3, -0.25) is 4.79 Å². The predicted molar refractivity (Wildman–Crippen MR) is 71.3 cm³/mol. The largest absolute Gasteiger partial charge is 0.298 e. The van der Waals surface area contributed by atoms with Gasteiger partial charge in [0.05, 0.1) is 0 Å². The normalized spacial score (nSPS) is 10.2. The molecule has 0 radical (unpaired) electrons. The molecule has 0 amide bonds. The number of carbonyl (C=O) groups is 1. The van der Waals surface area contributed by atoms with Crippen molar-refractivity contribution in [1.29, 1.82) is 0 Å². The molecule has 0 unspecified atom stereocenters. The van der Waals surface area contributed by atoms with Gasteiger partial charge in [0.2, 0.25) is 0 Å². The van der Waals surface area contributed by atoms with E-state index in [1.807, 2.05) is 24.3 Å². The summed E-state index contributed by atoms with van der Waals surface area (Å²) in [4.78, 5) is 10.5. The summed E-state index contributed by atoms with van der Waals surface area (Å²) >= 11 is 0. The number of hydrogen-bond donors (Lipinski definition) is 0. The summed E-state index contributed by atoms with van der Waals surface area (Å²) < 4.78 is 0. The third-order valence-electron chi connectivity index (χ3n) is 2.92. The molecule has 0 heterocycles. The van der Waals surface area contributed by atoms with Crippen molar-refractivity contribution < 1.29 is 4.79 Å². The van der Waals surface area contributed by atoms with Crippen LogP contribution in [0, 0.1) is 0 Å². The Labute approximate surface area is 102 Å². The maximum Gasteiger partial charge on any atom is 0.150 e. The molecule has 0 N–H and O–H groups in total. The average molecular weight is 224 g/mol. The van der Waals surface area contributed by atoms with Gasteiger partial charge >= 0.3 is 0 Å². The second-order valence-electron chi connectivity index (χ2n) is 4.14. The molecular weight excluding hydrogens is 208 g/mol. The van der Waals surface area contributed by atoms with Crippen LogP contribution in [-0.4, -0.2) is 6.29 Å². The smallest absolute Gasteiger partial charge is 0.150 e. The van der Waals surface area contributed by atoms with Crippen LogP contribution in [-0.2, 0) is 6.42 Å². The molecule has 0 aliphatic heterocycles. The molecule has 86 valence electrons. The van der Waals surface area contributed by atoms with E-state index < -0.39 is 0 Å². The summed E-state index contributed by atoms with van der Waals surface area (Å²) in [5.74, 6) is 0. The minimum atomic E-state index is 0.828. The molecule has 0 saturated carbocycles. The first-order chi connectivity index (χ1) is 8.35. The fraction of sp³-hybridized carbons (Fsp3) is 0.188. The van der Waals surface area contributed by atoms with E-state index in [-0.39, 0.29) is 0 Å². The van der Waals surface area contributed by atoms with Crippen LogP contribution < -0.4 is 0 Å². The van der Waals surface area contributed by atoms with Crippen molar-refractivity contribution in [2.24, 2.45) is 0 Å². The van der Waals surface area contributed by atoms with E-state index in [2.05, 4.69) is 31.2 Å². The molecule has 2 aliphatic carbocycles. The Morgan fingerprint density at radius 3 is 1.94 bits per heavy atom. The number of carbonyl (C=O) groups excluding carboxylic acids is 1. The molecule has 0 bridgehead atoms. The van der Waals surface area contributed by atoms with Gasteiger partial charge in [0.25, 0.3) is 0 Å². The summed E-state index contributed by atoms with van der Waals surface area (Å²) in [5, 5.41) is 0. The van der Waals surface area contributed by atoms with Gasteiger partial charge < -0.3 is 0 Å². The first kappa shape index (κ1) is 11.6. The topological polar surface area (TPSA) is 17.1 Å². The first-order valence-corrected chi connectivity index (χ1v) is 5.98. The standard InChI is InChI=1S/C10H12O.C6H4/c1-2-5-9-6-3-4-7-10(9)8-11;1-2-6-4-3-5(1)6/h3-4,6-8H,2,5H2,1H3;1-4H. The lowest BCUT2D eigenvalue weighted by molar-refractivity contribution is 0.112. The molecule has 2 aliphatic rings. The molecule has 1 aromatic rings. The summed E-state index contributed by atoms with van der Waals surface area (Å²) in [6.45, 7) is 2.11. The summed E-state index contributed by atoms with van der Waals surface area (Å²) in [5.41, 5.74) is 4.84. The minimum Gasteiger partial charge on any atom is -0.298 e. The zero-order valence-corrected chi connectivity index (χ0v) is 10.0. The van der Waals surface area contributed by atoms with Gasteiger partial charge in [0.1, 0.15) is 6.29 Å². The third-order valence-corrected chi connectivity index (χ3v) is 2.92. The van der Waals surface area contributed by atoms with Gasteiger partial charge in [-0.2, -0.15) is 0 Å². The SMILES string of the molecule is CCCc1ccccc1C=O.c1cc2ccc1-2. The van der Waals surface area contributed by atoms with Crippen LogP contribution in [0.4, 0.5) is 0 Å². The molecule has 17 heavy (non-hydrogen) atoms. The van der Waals surface area contributed by atoms with Crippen LogP contribution in [0.1, 0.15) is 29.3 Å². The van der Waals surface area contributed by atoms with E-state index in [0.717, 1.165) is 30.3 Å². The molecule has 0 spiro atoms. The molecule has 1 heteroatoms. The highest BCUT2D eigenvalue weighted by Gasteiger charge is 2.04. The third kappa shape index (κ3) is 2.62. The van der Waals surface area contributed by atoms with Gasteiger partial charge in [-0.15, -0.1) is 0 Å². The summed E-state index contributed by atoms with van der Waals surface area (Å²) in [6.07, 6.45) is 3.00. The van der Waals surface area contributed by atoms with E-state index in [4.69, 9.17) is 0 Å². The van der Waals surface area contributed by atoms with Gasteiger partial charge in [-0.05, 0) is 23.1 Å². The van der Waals surface area contributed by atoms with Crippen molar-refractivity contribution >= 4 is 6.29 Å². The Balaban J connectivity index is 0.000000148. The van der Waals surface area contributed by atoms with Gasteiger partial charge in [-0.1, -0.05) is 61.9 Å². The van der Waals surface area contributed by atoms with Crippen LogP contribution in [0.2, 0.25) is 0 Å².